The van der Waals surface area contributed by atoms with E-state index in [0.717, 1.165) is 0 Å². The molecule has 0 radical (unpaired) electrons. The molecule has 3 heterocycles. The van der Waals surface area contributed by atoms with Crippen LogP contribution in [0.15, 0.2) is 23.2 Å². The first-order valence-corrected chi connectivity index (χ1v) is 7.54. The molecule has 9 heteroatoms. The molecule has 1 fully saturated rings. The molecule has 0 spiro atoms. The molecule has 0 bridgehead atoms. The summed E-state index contributed by atoms with van der Waals surface area (Å²) in [6, 6.07) is 1.41. The minimum Gasteiger partial charge on any atom is -0.374 e. The van der Waals surface area contributed by atoms with Crippen LogP contribution >= 0.6 is 0 Å². The SMILES string of the molecule is Cc1cc(NC(=O)[C@@H](C)N2CCO[C@@H](Cn3cncn3)C2)no1. The molecule has 9 nitrogen and oxygen atoms in total. The van der Waals surface area contributed by atoms with E-state index in [1.54, 1.807) is 24.0 Å². The smallest absolute Gasteiger partial charge is 0.242 e. The summed E-state index contributed by atoms with van der Waals surface area (Å²) in [6.45, 7) is 6.23. The average molecular weight is 320 g/mol. The second-order valence-electron chi connectivity index (χ2n) is 5.59. The van der Waals surface area contributed by atoms with Crippen LogP contribution in [-0.4, -0.2) is 62.6 Å². The average Bonchev–Trinajstić information content (AvgIpc) is 3.18. The van der Waals surface area contributed by atoms with E-state index >= 15 is 0 Å². The Labute approximate surface area is 133 Å². The van der Waals surface area contributed by atoms with E-state index in [4.69, 9.17) is 9.26 Å². The number of rotatable bonds is 5. The number of ether oxygens (including phenoxy) is 1. The fourth-order valence-electron chi connectivity index (χ4n) is 2.56. The van der Waals surface area contributed by atoms with Crippen LogP contribution < -0.4 is 5.32 Å². The van der Waals surface area contributed by atoms with E-state index in [0.29, 0.717) is 37.8 Å². The number of nitrogens with zero attached hydrogens (tertiary/aromatic N) is 5. The summed E-state index contributed by atoms with van der Waals surface area (Å²) in [5.41, 5.74) is 0. The first-order chi connectivity index (χ1) is 11.1. The largest absolute Gasteiger partial charge is 0.374 e. The Morgan fingerprint density at radius 3 is 3.13 bits per heavy atom. The number of aromatic nitrogens is 4. The number of carbonyl (C=O) groups is 1. The summed E-state index contributed by atoms with van der Waals surface area (Å²) in [5, 5.41) is 10.6. The lowest BCUT2D eigenvalue weighted by molar-refractivity contribution is -0.124. The van der Waals surface area contributed by atoms with Crippen molar-refractivity contribution in [3.05, 3.63) is 24.5 Å². The molecule has 1 saturated heterocycles. The van der Waals surface area contributed by atoms with Crippen molar-refractivity contribution in [2.24, 2.45) is 0 Å². The van der Waals surface area contributed by atoms with Crippen molar-refractivity contribution >= 4 is 11.7 Å². The molecule has 2 aromatic rings. The number of morpholine rings is 1. The number of amides is 1. The first kappa shape index (κ1) is 15.6. The van der Waals surface area contributed by atoms with Gasteiger partial charge in [-0.15, -0.1) is 0 Å². The number of nitrogens with one attached hydrogen (secondary N) is 1. The van der Waals surface area contributed by atoms with Crippen LogP contribution in [0.4, 0.5) is 5.82 Å². The highest BCUT2D eigenvalue weighted by atomic mass is 16.5. The second-order valence-corrected chi connectivity index (χ2v) is 5.59. The number of anilines is 1. The van der Waals surface area contributed by atoms with Gasteiger partial charge in [0.2, 0.25) is 5.91 Å². The third-order valence-corrected chi connectivity index (χ3v) is 3.83. The van der Waals surface area contributed by atoms with Gasteiger partial charge in [0.25, 0.3) is 0 Å². The zero-order valence-corrected chi connectivity index (χ0v) is 13.2. The molecule has 1 aliphatic heterocycles. The van der Waals surface area contributed by atoms with Crippen molar-refractivity contribution in [2.75, 3.05) is 25.0 Å². The zero-order valence-electron chi connectivity index (χ0n) is 13.2. The molecule has 1 amide bonds. The van der Waals surface area contributed by atoms with Crippen LogP contribution in [0.1, 0.15) is 12.7 Å². The topological polar surface area (TPSA) is 98.3 Å². The maximum atomic E-state index is 12.3. The highest BCUT2D eigenvalue weighted by molar-refractivity contribution is 5.93. The van der Waals surface area contributed by atoms with E-state index in [9.17, 15) is 4.79 Å². The van der Waals surface area contributed by atoms with E-state index in [-0.39, 0.29) is 18.1 Å². The highest BCUT2D eigenvalue weighted by Crippen LogP contribution is 2.13. The van der Waals surface area contributed by atoms with E-state index in [2.05, 4.69) is 25.5 Å². The van der Waals surface area contributed by atoms with Crippen molar-refractivity contribution < 1.29 is 14.1 Å². The fourth-order valence-corrected chi connectivity index (χ4v) is 2.56. The number of carbonyl (C=O) groups excluding carboxylic acids is 1. The lowest BCUT2D eigenvalue weighted by Gasteiger charge is -2.35. The third kappa shape index (κ3) is 3.93. The summed E-state index contributed by atoms with van der Waals surface area (Å²) in [6.07, 6.45) is 3.14. The molecule has 3 rings (SSSR count). The van der Waals surface area contributed by atoms with Crippen LogP contribution in [0.5, 0.6) is 0 Å². The van der Waals surface area contributed by atoms with Crippen LogP contribution in [0, 0.1) is 6.92 Å². The van der Waals surface area contributed by atoms with Crippen molar-refractivity contribution in [1.82, 2.24) is 24.8 Å². The molecule has 23 heavy (non-hydrogen) atoms. The van der Waals surface area contributed by atoms with E-state index in [1.807, 2.05) is 6.92 Å². The zero-order chi connectivity index (χ0) is 16.2. The first-order valence-electron chi connectivity index (χ1n) is 7.54. The Kier molecular flexibility index (Phi) is 4.68. The number of hydrogen-bond acceptors (Lipinski definition) is 7. The van der Waals surface area contributed by atoms with Crippen LogP contribution in [0.25, 0.3) is 0 Å². The van der Waals surface area contributed by atoms with Gasteiger partial charge in [-0.3, -0.25) is 14.4 Å². The Balaban J connectivity index is 1.55. The predicted octanol–water partition coefficient (Wildman–Crippen LogP) is 0.303. The van der Waals surface area contributed by atoms with Crippen LogP contribution in [0.3, 0.4) is 0 Å². The minimum absolute atomic E-state index is 0.0185. The van der Waals surface area contributed by atoms with Crippen LogP contribution in [0.2, 0.25) is 0 Å². The van der Waals surface area contributed by atoms with Crippen molar-refractivity contribution in [2.45, 2.75) is 32.5 Å². The Morgan fingerprint density at radius 1 is 1.57 bits per heavy atom. The molecular formula is C14H20N6O3. The standard InChI is InChI=1S/C14H20N6O3/c1-10-5-13(18-23-10)17-14(21)11(2)19-3-4-22-12(6-19)7-20-9-15-8-16-20/h5,8-9,11-12H,3-4,6-7H2,1-2H3,(H,17,18,21)/t11-,12-/m1/s1. The van der Waals surface area contributed by atoms with Gasteiger partial charge < -0.3 is 14.6 Å². The lowest BCUT2D eigenvalue weighted by atomic mass is 10.2. The van der Waals surface area contributed by atoms with Gasteiger partial charge in [0.1, 0.15) is 18.4 Å². The summed E-state index contributed by atoms with van der Waals surface area (Å²) in [5.74, 6) is 0.985. The molecule has 1 N–H and O–H groups in total. The van der Waals surface area contributed by atoms with Crippen LogP contribution in [-0.2, 0) is 16.1 Å². The van der Waals surface area contributed by atoms with E-state index in [1.165, 1.54) is 6.33 Å². The molecule has 0 saturated carbocycles. The highest BCUT2D eigenvalue weighted by Gasteiger charge is 2.28. The van der Waals surface area contributed by atoms with Gasteiger partial charge in [-0.25, -0.2) is 4.98 Å². The molecule has 0 aromatic carbocycles. The van der Waals surface area contributed by atoms with Gasteiger partial charge in [-0.1, -0.05) is 5.16 Å². The minimum atomic E-state index is -0.283. The van der Waals surface area contributed by atoms with Gasteiger partial charge in [-0.05, 0) is 13.8 Å². The number of hydrogen-bond donors (Lipinski definition) is 1. The Morgan fingerprint density at radius 2 is 2.43 bits per heavy atom. The van der Waals surface area contributed by atoms with Crippen molar-refractivity contribution in [1.29, 1.82) is 0 Å². The molecule has 1 aliphatic rings. The predicted molar refractivity (Wildman–Crippen MR) is 80.7 cm³/mol. The lowest BCUT2D eigenvalue weighted by Crippen LogP contribution is -2.51. The van der Waals surface area contributed by atoms with Crippen molar-refractivity contribution in [3.63, 3.8) is 0 Å². The number of aryl methyl sites for hydroxylation is 1. The quantitative estimate of drug-likeness (QED) is 0.846. The van der Waals surface area contributed by atoms with E-state index < -0.39 is 0 Å². The normalized spacial score (nSPS) is 20.3. The molecule has 124 valence electrons. The summed E-state index contributed by atoms with van der Waals surface area (Å²) in [7, 11) is 0. The Hall–Kier alpha value is -2.26. The third-order valence-electron chi connectivity index (χ3n) is 3.83. The maximum Gasteiger partial charge on any atom is 0.242 e. The molecule has 0 aliphatic carbocycles. The van der Waals surface area contributed by atoms with Gasteiger partial charge in [0.05, 0.1) is 25.3 Å². The fraction of sp³-hybridized carbons (Fsp3) is 0.571. The summed E-state index contributed by atoms with van der Waals surface area (Å²) < 4.78 is 12.4. The second kappa shape index (κ2) is 6.88. The van der Waals surface area contributed by atoms with Gasteiger partial charge in [-0.2, -0.15) is 5.10 Å². The Bertz CT molecular complexity index is 641. The monoisotopic (exact) mass is 320 g/mol. The molecule has 2 aromatic heterocycles. The molecular weight excluding hydrogens is 300 g/mol. The van der Waals surface area contributed by atoms with Gasteiger partial charge in [0, 0.05) is 19.2 Å². The maximum absolute atomic E-state index is 12.3. The summed E-state index contributed by atoms with van der Waals surface area (Å²) in [4.78, 5) is 18.4. The summed E-state index contributed by atoms with van der Waals surface area (Å²) >= 11 is 0. The van der Waals surface area contributed by atoms with Gasteiger partial charge in [0.15, 0.2) is 5.82 Å². The molecule has 2 atom stereocenters. The van der Waals surface area contributed by atoms with Gasteiger partial charge >= 0.3 is 0 Å². The van der Waals surface area contributed by atoms with Crippen molar-refractivity contribution in [3.8, 4) is 0 Å². The molecule has 0 unspecified atom stereocenters.